The second-order valence-corrected chi connectivity index (χ2v) is 7.01. The van der Waals surface area contributed by atoms with Crippen LogP contribution in [0.2, 0.25) is 5.02 Å². The molecule has 1 aromatic heterocycles. The van der Waals surface area contributed by atoms with Gasteiger partial charge in [-0.05, 0) is 18.9 Å². The molecule has 0 saturated heterocycles. The van der Waals surface area contributed by atoms with Crippen molar-refractivity contribution in [2.24, 2.45) is 0 Å². The summed E-state index contributed by atoms with van der Waals surface area (Å²) < 4.78 is 1.02. The molecule has 2 atom stereocenters. The van der Waals surface area contributed by atoms with E-state index < -0.39 is 6.10 Å². The van der Waals surface area contributed by atoms with E-state index in [1.54, 1.807) is 11.9 Å². The molecule has 1 N–H and O–H groups in total. The predicted octanol–water partition coefficient (Wildman–Crippen LogP) is 3.93. The molecule has 2 aromatic rings. The van der Waals surface area contributed by atoms with Crippen LogP contribution in [0.4, 0.5) is 0 Å². The van der Waals surface area contributed by atoms with E-state index in [2.05, 4.69) is 0 Å². The van der Waals surface area contributed by atoms with Crippen molar-refractivity contribution in [3.63, 3.8) is 0 Å². The second kappa shape index (κ2) is 5.95. The number of benzene rings is 1. The van der Waals surface area contributed by atoms with Crippen molar-refractivity contribution in [2.75, 3.05) is 7.05 Å². The number of likely N-dealkylation sites (N-methyl/N-ethyl adjacent to an activating group) is 1. The molecule has 0 radical (unpaired) electrons. The first-order valence-corrected chi connectivity index (χ1v) is 8.41. The average Bonchev–Trinajstić information content (AvgIpc) is 2.84. The number of aliphatic hydroxyl groups is 1. The van der Waals surface area contributed by atoms with Crippen molar-refractivity contribution < 1.29 is 9.90 Å². The summed E-state index contributed by atoms with van der Waals surface area (Å²) in [5.41, 5.74) is 0. The lowest BCUT2D eigenvalue weighted by atomic mass is 9.91. The Morgan fingerprint density at radius 2 is 2.05 bits per heavy atom. The number of hydrogen-bond acceptors (Lipinski definition) is 3. The molecule has 1 amide bonds. The highest BCUT2D eigenvalue weighted by molar-refractivity contribution is 7.21. The van der Waals surface area contributed by atoms with Crippen molar-refractivity contribution >= 4 is 38.9 Å². The number of aliphatic hydroxyl groups excluding tert-OH is 1. The van der Waals surface area contributed by atoms with Crippen LogP contribution in [0.1, 0.15) is 35.4 Å². The standard InChI is InChI=1S/C16H18ClNO2S/c1-18(11-7-3-4-8-12(11)19)16(20)15-14(17)10-6-2-5-9-13(10)21-15/h2,5-6,9,11-12,19H,3-4,7-8H2,1H3. The lowest BCUT2D eigenvalue weighted by Crippen LogP contribution is -2.46. The van der Waals surface area contributed by atoms with Gasteiger partial charge in [0.2, 0.25) is 0 Å². The first kappa shape index (κ1) is 14.8. The van der Waals surface area contributed by atoms with Gasteiger partial charge in [-0.2, -0.15) is 0 Å². The molecule has 3 nitrogen and oxygen atoms in total. The van der Waals surface area contributed by atoms with Crippen LogP contribution in [-0.4, -0.2) is 35.1 Å². The molecule has 1 heterocycles. The van der Waals surface area contributed by atoms with Gasteiger partial charge in [-0.15, -0.1) is 11.3 Å². The van der Waals surface area contributed by atoms with Crippen LogP contribution < -0.4 is 0 Å². The largest absolute Gasteiger partial charge is 0.391 e. The van der Waals surface area contributed by atoms with Crippen molar-refractivity contribution in [3.8, 4) is 0 Å². The van der Waals surface area contributed by atoms with Crippen molar-refractivity contribution in [1.82, 2.24) is 4.90 Å². The second-order valence-electron chi connectivity index (χ2n) is 5.58. The minimum absolute atomic E-state index is 0.0906. The Bertz CT molecular complexity index is 669. The maximum atomic E-state index is 12.7. The topological polar surface area (TPSA) is 40.5 Å². The van der Waals surface area contributed by atoms with E-state index in [0.717, 1.165) is 35.8 Å². The monoisotopic (exact) mass is 323 g/mol. The van der Waals surface area contributed by atoms with E-state index in [9.17, 15) is 9.90 Å². The summed E-state index contributed by atoms with van der Waals surface area (Å²) in [5.74, 6) is -0.0906. The zero-order valence-electron chi connectivity index (χ0n) is 11.9. The molecular formula is C16H18ClNO2S. The van der Waals surface area contributed by atoms with Gasteiger partial charge < -0.3 is 10.0 Å². The lowest BCUT2D eigenvalue weighted by Gasteiger charge is -2.35. The third-order valence-corrected chi connectivity index (χ3v) is 5.90. The Balaban J connectivity index is 1.91. The molecular weight excluding hydrogens is 306 g/mol. The van der Waals surface area contributed by atoms with E-state index in [1.165, 1.54) is 11.3 Å². The summed E-state index contributed by atoms with van der Waals surface area (Å²) >= 11 is 7.79. The van der Waals surface area contributed by atoms with E-state index in [-0.39, 0.29) is 11.9 Å². The minimum Gasteiger partial charge on any atom is -0.391 e. The average molecular weight is 324 g/mol. The highest BCUT2D eigenvalue weighted by atomic mass is 35.5. The molecule has 0 spiro atoms. The van der Waals surface area contributed by atoms with Gasteiger partial charge in [0.15, 0.2) is 0 Å². The molecule has 1 aromatic carbocycles. The van der Waals surface area contributed by atoms with Crippen molar-refractivity contribution in [3.05, 3.63) is 34.2 Å². The van der Waals surface area contributed by atoms with Gasteiger partial charge in [0, 0.05) is 17.1 Å². The highest BCUT2D eigenvalue weighted by Gasteiger charge is 2.31. The first-order chi connectivity index (χ1) is 10.1. The van der Waals surface area contributed by atoms with Crippen LogP contribution in [0, 0.1) is 0 Å². The maximum absolute atomic E-state index is 12.7. The van der Waals surface area contributed by atoms with Crippen LogP contribution in [0.3, 0.4) is 0 Å². The van der Waals surface area contributed by atoms with Gasteiger partial charge in [-0.3, -0.25) is 4.79 Å². The summed E-state index contributed by atoms with van der Waals surface area (Å²) in [7, 11) is 1.77. The number of rotatable bonds is 2. The number of fused-ring (bicyclic) bond motifs is 1. The molecule has 112 valence electrons. The molecule has 1 fully saturated rings. The minimum atomic E-state index is -0.430. The van der Waals surface area contributed by atoms with Gasteiger partial charge >= 0.3 is 0 Å². The molecule has 0 aliphatic heterocycles. The zero-order chi connectivity index (χ0) is 15.0. The number of hydrogen-bond donors (Lipinski definition) is 1. The summed E-state index contributed by atoms with van der Waals surface area (Å²) in [5, 5.41) is 11.6. The smallest absolute Gasteiger partial charge is 0.265 e. The fraction of sp³-hybridized carbons (Fsp3) is 0.438. The Morgan fingerprint density at radius 1 is 1.33 bits per heavy atom. The van der Waals surface area contributed by atoms with E-state index >= 15 is 0 Å². The SMILES string of the molecule is CN(C(=O)c1sc2ccccc2c1Cl)C1CCCCC1O. The van der Waals surface area contributed by atoms with E-state index in [1.807, 2.05) is 24.3 Å². The molecule has 3 rings (SSSR count). The first-order valence-electron chi connectivity index (χ1n) is 7.22. The van der Waals surface area contributed by atoms with Crippen LogP contribution >= 0.6 is 22.9 Å². The van der Waals surface area contributed by atoms with Gasteiger partial charge in [-0.1, -0.05) is 42.6 Å². The highest BCUT2D eigenvalue weighted by Crippen LogP contribution is 2.36. The molecule has 21 heavy (non-hydrogen) atoms. The fourth-order valence-corrected chi connectivity index (χ4v) is 4.50. The number of nitrogens with zero attached hydrogens (tertiary/aromatic N) is 1. The summed E-state index contributed by atoms with van der Waals surface area (Å²) in [4.78, 5) is 15.0. The van der Waals surface area contributed by atoms with E-state index in [4.69, 9.17) is 11.6 Å². The van der Waals surface area contributed by atoms with E-state index in [0.29, 0.717) is 9.90 Å². The zero-order valence-corrected chi connectivity index (χ0v) is 13.5. The predicted molar refractivity (Wildman–Crippen MR) is 87.2 cm³/mol. The number of amides is 1. The molecule has 2 unspecified atom stereocenters. The maximum Gasteiger partial charge on any atom is 0.265 e. The summed E-state index contributed by atoms with van der Waals surface area (Å²) in [6.45, 7) is 0. The molecule has 1 aliphatic carbocycles. The van der Waals surface area contributed by atoms with Gasteiger partial charge in [0.05, 0.1) is 17.2 Å². The Labute approximate surface area is 133 Å². The number of thiophene rings is 1. The van der Waals surface area contributed by atoms with Gasteiger partial charge in [0.25, 0.3) is 5.91 Å². The summed E-state index contributed by atoms with van der Waals surface area (Å²) in [6.07, 6.45) is 3.28. The van der Waals surface area contributed by atoms with Crippen molar-refractivity contribution in [2.45, 2.75) is 37.8 Å². The normalized spacial score (nSPS) is 22.4. The van der Waals surface area contributed by atoms with Crippen molar-refractivity contribution in [1.29, 1.82) is 0 Å². The Kier molecular flexibility index (Phi) is 4.20. The fourth-order valence-electron chi connectivity index (χ4n) is 3.01. The van der Waals surface area contributed by atoms with Gasteiger partial charge in [-0.25, -0.2) is 0 Å². The molecule has 5 heteroatoms. The quantitative estimate of drug-likeness (QED) is 0.909. The molecule has 1 aliphatic rings. The lowest BCUT2D eigenvalue weighted by molar-refractivity contribution is 0.0271. The third-order valence-electron chi connectivity index (χ3n) is 4.24. The number of halogens is 1. The summed E-state index contributed by atoms with van der Waals surface area (Å²) in [6, 6.07) is 7.66. The number of carbonyl (C=O) groups is 1. The van der Waals surface area contributed by atoms with Crippen LogP contribution in [0.25, 0.3) is 10.1 Å². The van der Waals surface area contributed by atoms with Crippen LogP contribution in [0.5, 0.6) is 0 Å². The molecule has 0 bridgehead atoms. The Morgan fingerprint density at radius 3 is 2.76 bits per heavy atom. The third kappa shape index (κ3) is 2.68. The molecule has 1 saturated carbocycles. The van der Waals surface area contributed by atoms with Crippen LogP contribution in [-0.2, 0) is 0 Å². The number of carbonyl (C=O) groups excluding carboxylic acids is 1. The van der Waals surface area contributed by atoms with Gasteiger partial charge in [0.1, 0.15) is 4.88 Å². The van der Waals surface area contributed by atoms with Crippen LogP contribution in [0.15, 0.2) is 24.3 Å². The Hall–Kier alpha value is -1.10.